The average Bonchev–Trinajstić information content (AvgIpc) is 2.33. The standard InChI is InChI=1S/C13H16BrFN2O/c1-13(6-2-3-7-16-13)12(18)17-11-5-4-9(15)8-10(11)14/h4-5,8,16H,2-3,6-7H2,1H3,(H,17,18). The zero-order valence-electron chi connectivity index (χ0n) is 10.2. The van der Waals surface area contributed by atoms with Crippen LogP contribution in [-0.2, 0) is 4.79 Å². The van der Waals surface area contributed by atoms with Crippen molar-refractivity contribution >= 4 is 27.5 Å². The lowest BCUT2D eigenvalue weighted by atomic mass is 9.90. The van der Waals surface area contributed by atoms with Crippen molar-refractivity contribution in [3.8, 4) is 0 Å². The Morgan fingerprint density at radius 1 is 1.50 bits per heavy atom. The van der Waals surface area contributed by atoms with E-state index in [2.05, 4.69) is 26.6 Å². The van der Waals surface area contributed by atoms with Crippen molar-refractivity contribution in [2.75, 3.05) is 11.9 Å². The van der Waals surface area contributed by atoms with Gasteiger partial charge in [0.2, 0.25) is 5.91 Å². The summed E-state index contributed by atoms with van der Waals surface area (Å²) in [6, 6.07) is 4.23. The van der Waals surface area contributed by atoms with E-state index in [9.17, 15) is 9.18 Å². The fraction of sp³-hybridized carbons (Fsp3) is 0.462. The van der Waals surface area contributed by atoms with Crippen LogP contribution in [0.4, 0.5) is 10.1 Å². The molecule has 1 aliphatic heterocycles. The molecule has 3 nitrogen and oxygen atoms in total. The summed E-state index contributed by atoms with van der Waals surface area (Å²) in [4.78, 5) is 12.2. The molecule has 1 aromatic rings. The highest BCUT2D eigenvalue weighted by molar-refractivity contribution is 9.10. The lowest BCUT2D eigenvalue weighted by Crippen LogP contribution is -2.54. The van der Waals surface area contributed by atoms with E-state index in [0.29, 0.717) is 10.2 Å². The summed E-state index contributed by atoms with van der Waals surface area (Å²) >= 11 is 3.24. The maximum atomic E-state index is 13.0. The predicted octanol–water partition coefficient (Wildman–Crippen LogP) is 3.06. The van der Waals surface area contributed by atoms with Crippen molar-refractivity contribution in [2.45, 2.75) is 31.7 Å². The zero-order valence-corrected chi connectivity index (χ0v) is 11.8. The van der Waals surface area contributed by atoms with E-state index < -0.39 is 5.54 Å². The fourth-order valence-electron chi connectivity index (χ4n) is 2.10. The van der Waals surface area contributed by atoms with Crippen molar-refractivity contribution in [2.24, 2.45) is 0 Å². The van der Waals surface area contributed by atoms with E-state index in [-0.39, 0.29) is 11.7 Å². The highest BCUT2D eigenvalue weighted by Crippen LogP contribution is 2.26. The molecule has 18 heavy (non-hydrogen) atoms. The molecule has 1 atom stereocenters. The first-order valence-electron chi connectivity index (χ1n) is 6.03. The van der Waals surface area contributed by atoms with Crippen molar-refractivity contribution in [3.05, 3.63) is 28.5 Å². The van der Waals surface area contributed by atoms with Crippen molar-refractivity contribution in [3.63, 3.8) is 0 Å². The van der Waals surface area contributed by atoms with Crippen LogP contribution >= 0.6 is 15.9 Å². The summed E-state index contributed by atoms with van der Waals surface area (Å²) in [5.41, 5.74) is 0.0570. The molecule has 0 saturated carbocycles. The minimum atomic E-state index is -0.536. The largest absolute Gasteiger partial charge is 0.323 e. The third kappa shape index (κ3) is 2.90. The van der Waals surface area contributed by atoms with E-state index in [1.807, 2.05) is 6.92 Å². The van der Waals surface area contributed by atoms with Gasteiger partial charge in [-0.15, -0.1) is 0 Å². The van der Waals surface area contributed by atoms with Gasteiger partial charge in [0.05, 0.1) is 11.2 Å². The quantitative estimate of drug-likeness (QED) is 0.881. The summed E-state index contributed by atoms with van der Waals surface area (Å²) in [5.74, 6) is -0.406. The molecule has 2 rings (SSSR count). The molecular formula is C13H16BrFN2O. The second-order valence-corrected chi connectivity index (χ2v) is 5.65. The number of carbonyl (C=O) groups is 1. The summed E-state index contributed by atoms with van der Waals surface area (Å²) in [6.45, 7) is 2.76. The first-order chi connectivity index (χ1) is 8.51. The van der Waals surface area contributed by atoms with Crippen LogP contribution in [0.5, 0.6) is 0 Å². The van der Waals surface area contributed by atoms with Crippen LogP contribution in [0, 0.1) is 5.82 Å². The van der Waals surface area contributed by atoms with Gasteiger partial charge >= 0.3 is 0 Å². The van der Waals surface area contributed by atoms with E-state index >= 15 is 0 Å². The van der Waals surface area contributed by atoms with Gasteiger partial charge < -0.3 is 10.6 Å². The Bertz CT molecular complexity index is 458. The first-order valence-corrected chi connectivity index (χ1v) is 6.82. The number of benzene rings is 1. The maximum Gasteiger partial charge on any atom is 0.244 e. The Morgan fingerprint density at radius 3 is 2.89 bits per heavy atom. The summed E-state index contributed by atoms with van der Waals surface area (Å²) in [5, 5.41) is 6.08. The zero-order chi connectivity index (χ0) is 13.2. The minimum Gasteiger partial charge on any atom is -0.323 e. The average molecular weight is 315 g/mol. The van der Waals surface area contributed by atoms with Gasteiger partial charge in [-0.05, 0) is 66.9 Å². The van der Waals surface area contributed by atoms with Crippen molar-refractivity contribution in [1.29, 1.82) is 0 Å². The molecular weight excluding hydrogens is 299 g/mol. The van der Waals surface area contributed by atoms with E-state index in [1.165, 1.54) is 12.1 Å². The van der Waals surface area contributed by atoms with Crippen LogP contribution in [0.2, 0.25) is 0 Å². The van der Waals surface area contributed by atoms with Gasteiger partial charge in [-0.25, -0.2) is 4.39 Å². The number of halogens is 2. The Kier molecular flexibility index (Phi) is 4.02. The van der Waals surface area contributed by atoms with Crippen LogP contribution in [0.15, 0.2) is 22.7 Å². The maximum absolute atomic E-state index is 13.0. The van der Waals surface area contributed by atoms with Crippen LogP contribution in [0.3, 0.4) is 0 Å². The van der Waals surface area contributed by atoms with Crippen molar-refractivity contribution in [1.82, 2.24) is 5.32 Å². The summed E-state index contributed by atoms with van der Waals surface area (Å²) in [7, 11) is 0. The molecule has 1 saturated heterocycles. The molecule has 0 aromatic heterocycles. The van der Waals surface area contributed by atoms with Gasteiger partial charge in [0.25, 0.3) is 0 Å². The SMILES string of the molecule is CC1(C(=O)Nc2ccc(F)cc2Br)CCCCN1. The molecule has 2 N–H and O–H groups in total. The van der Waals surface area contributed by atoms with Gasteiger partial charge in [0.15, 0.2) is 0 Å². The van der Waals surface area contributed by atoms with Crippen molar-refractivity contribution < 1.29 is 9.18 Å². The summed E-state index contributed by atoms with van der Waals surface area (Å²) < 4.78 is 13.5. The predicted molar refractivity (Wildman–Crippen MR) is 73.0 cm³/mol. The number of nitrogens with one attached hydrogen (secondary N) is 2. The molecule has 98 valence electrons. The van der Waals surface area contributed by atoms with Crippen LogP contribution in [0.25, 0.3) is 0 Å². The number of amides is 1. The molecule has 1 amide bonds. The van der Waals surface area contributed by atoms with Gasteiger partial charge in [-0.3, -0.25) is 4.79 Å². The lowest BCUT2D eigenvalue weighted by Gasteiger charge is -2.33. The molecule has 0 aliphatic carbocycles. The fourth-order valence-corrected chi connectivity index (χ4v) is 2.55. The number of hydrogen-bond donors (Lipinski definition) is 2. The van der Waals surface area contributed by atoms with Gasteiger partial charge in [0.1, 0.15) is 5.82 Å². The first kappa shape index (κ1) is 13.5. The Labute approximate surface area is 114 Å². The number of hydrogen-bond acceptors (Lipinski definition) is 2. The van der Waals surface area contributed by atoms with Crippen LogP contribution < -0.4 is 10.6 Å². The molecule has 1 aromatic carbocycles. The Hall–Kier alpha value is -0.940. The van der Waals surface area contributed by atoms with Gasteiger partial charge in [-0.2, -0.15) is 0 Å². The topological polar surface area (TPSA) is 41.1 Å². The molecule has 0 spiro atoms. The number of anilines is 1. The van der Waals surface area contributed by atoms with Gasteiger partial charge in [-0.1, -0.05) is 0 Å². The Balaban J connectivity index is 2.11. The normalized spacial score (nSPS) is 23.7. The van der Waals surface area contributed by atoms with Crippen LogP contribution in [0.1, 0.15) is 26.2 Å². The molecule has 1 aliphatic rings. The third-order valence-corrected chi connectivity index (χ3v) is 3.96. The van der Waals surface area contributed by atoms with Gasteiger partial charge in [0, 0.05) is 4.47 Å². The number of piperidine rings is 1. The second-order valence-electron chi connectivity index (χ2n) is 4.79. The number of carbonyl (C=O) groups excluding carboxylic acids is 1. The van der Waals surface area contributed by atoms with E-state index in [1.54, 1.807) is 6.07 Å². The van der Waals surface area contributed by atoms with E-state index in [0.717, 1.165) is 25.8 Å². The molecule has 1 unspecified atom stereocenters. The second kappa shape index (κ2) is 5.36. The monoisotopic (exact) mass is 314 g/mol. The third-order valence-electron chi connectivity index (χ3n) is 3.30. The van der Waals surface area contributed by atoms with E-state index in [4.69, 9.17) is 0 Å². The highest BCUT2D eigenvalue weighted by atomic mass is 79.9. The Morgan fingerprint density at radius 2 is 2.28 bits per heavy atom. The highest BCUT2D eigenvalue weighted by Gasteiger charge is 2.34. The smallest absolute Gasteiger partial charge is 0.244 e. The molecule has 0 bridgehead atoms. The lowest BCUT2D eigenvalue weighted by molar-refractivity contribution is -0.122. The molecule has 0 radical (unpaired) electrons. The molecule has 1 heterocycles. The molecule has 5 heteroatoms. The number of rotatable bonds is 2. The minimum absolute atomic E-state index is 0.0745. The summed E-state index contributed by atoms with van der Waals surface area (Å²) in [6.07, 6.45) is 2.96. The molecule has 1 fully saturated rings. The van der Waals surface area contributed by atoms with Crippen LogP contribution in [-0.4, -0.2) is 18.0 Å².